The van der Waals surface area contributed by atoms with Crippen molar-refractivity contribution >= 4 is 17.6 Å². The molecule has 0 spiro atoms. The van der Waals surface area contributed by atoms with Crippen molar-refractivity contribution in [2.75, 3.05) is 18.4 Å². The molecule has 1 fully saturated rings. The topological polar surface area (TPSA) is 87.5 Å². The van der Waals surface area contributed by atoms with Crippen molar-refractivity contribution in [1.82, 2.24) is 10.2 Å². The van der Waals surface area contributed by atoms with Crippen LogP contribution in [-0.2, 0) is 11.3 Å². The van der Waals surface area contributed by atoms with Gasteiger partial charge in [-0.15, -0.1) is 0 Å². The van der Waals surface area contributed by atoms with Gasteiger partial charge in [0.15, 0.2) is 0 Å². The molecule has 1 heterocycles. The van der Waals surface area contributed by atoms with E-state index in [9.17, 15) is 9.59 Å². The fraction of sp³-hybridized carbons (Fsp3) is 0.429. The zero-order valence-corrected chi connectivity index (χ0v) is 11.8. The van der Waals surface area contributed by atoms with E-state index < -0.39 is 5.54 Å². The van der Waals surface area contributed by atoms with Gasteiger partial charge in [-0.3, -0.25) is 4.79 Å². The van der Waals surface area contributed by atoms with Crippen LogP contribution in [0.1, 0.15) is 19.4 Å². The number of piperazine rings is 1. The molecule has 0 unspecified atom stereocenters. The number of urea groups is 1. The minimum Gasteiger partial charge on any atom is -0.352 e. The van der Waals surface area contributed by atoms with Crippen molar-refractivity contribution in [3.05, 3.63) is 29.8 Å². The Morgan fingerprint density at radius 2 is 2.25 bits per heavy atom. The summed E-state index contributed by atoms with van der Waals surface area (Å²) >= 11 is 0. The van der Waals surface area contributed by atoms with Crippen LogP contribution in [0.3, 0.4) is 0 Å². The lowest BCUT2D eigenvalue weighted by Crippen LogP contribution is -2.64. The summed E-state index contributed by atoms with van der Waals surface area (Å²) in [5, 5.41) is 5.58. The third-order valence-corrected chi connectivity index (χ3v) is 3.51. The molecule has 0 aliphatic carbocycles. The SMILES string of the molecule is CC1(C)C(=O)NCCN1C(=O)Nc1cccc(CN)c1. The van der Waals surface area contributed by atoms with Crippen molar-refractivity contribution in [2.24, 2.45) is 5.73 Å². The predicted octanol–water partition coefficient (Wildman–Crippen LogP) is 0.888. The Morgan fingerprint density at radius 3 is 2.95 bits per heavy atom. The van der Waals surface area contributed by atoms with E-state index in [1.807, 2.05) is 18.2 Å². The first-order valence-corrected chi connectivity index (χ1v) is 6.61. The van der Waals surface area contributed by atoms with Crippen LogP contribution in [0, 0.1) is 0 Å². The number of carbonyl (C=O) groups excluding carboxylic acids is 2. The Hall–Kier alpha value is -2.08. The van der Waals surface area contributed by atoms with E-state index in [0.29, 0.717) is 25.3 Å². The zero-order valence-electron chi connectivity index (χ0n) is 11.8. The van der Waals surface area contributed by atoms with Crippen molar-refractivity contribution < 1.29 is 9.59 Å². The monoisotopic (exact) mass is 276 g/mol. The fourth-order valence-corrected chi connectivity index (χ4v) is 2.22. The number of nitrogens with two attached hydrogens (primary N) is 1. The molecule has 0 aromatic heterocycles. The standard InChI is InChI=1S/C14H20N4O2/c1-14(2)12(19)16-6-7-18(14)13(20)17-11-5-3-4-10(8-11)9-15/h3-5,8H,6-7,9,15H2,1-2H3,(H,16,19)(H,17,20). The first kappa shape index (κ1) is 14.3. The summed E-state index contributed by atoms with van der Waals surface area (Å²) in [5.41, 5.74) is 6.35. The Morgan fingerprint density at radius 1 is 1.50 bits per heavy atom. The highest BCUT2D eigenvalue weighted by molar-refractivity contribution is 5.96. The summed E-state index contributed by atoms with van der Waals surface area (Å²) in [4.78, 5) is 25.7. The van der Waals surface area contributed by atoms with Crippen LogP contribution < -0.4 is 16.4 Å². The molecule has 20 heavy (non-hydrogen) atoms. The average molecular weight is 276 g/mol. The van der Waals surface area contributed by atoms with Crippen molar-refractivity contribution in [2.45, 2.75) is 25.9 Å². The molecule has 2 rings (SSSR count). The van der Waals surface area contributed by atoms with Gasteiger partial charge in [0.1, 0.15) is 5.54 Å². The van der Waals surface area contributed by atoms with Gasteiger partial charge >= 0.3 is 6.03 Å². The number of anilines is 1. The second-order valence-electron chi connectivity index (χ2n) is 5.30. The largest absolute Gasteiger partial charge is 0.352 e. The molecule has 0 radical (unpaired) electrons. The number of nitrogens with one attached hydrogen (secondary N) is 2. The Bertz CT molecular complexity index is 528. The molecule has 1 aliphatic heterocycles. The number of amides is 3. The van der Waals surface area contributed by atoms with Crippen LogP contribution >= 0.6 is 0 Å². The third kappa shape index (κ3) is 2.75. The number of benzene rings is 1. The molecule has 108 valence electrons. The number of hydrogen-bond acceptors (Lipinski definition) is 3. The second-order valence-corrected chi connectivity index (χ2v) is 5.30. The van der Waals surface area contributed by atoms with Crippen molar-refractivity contribution in [3.8, 4) is 0 Å². The minimum absolute atomic E-state index is 0.144. The zero-order chi connectivity index (χ0) is 14.8. The van der Waals surface area contributed by atoms with Gasteiger partial charge in [0.05, 0.1) is 0 Å². The summed E-state index contributed by atoms with van der Waals surface area (Å²) in [6.45, 7) is 4.84. The molecule has 6 heteroatoms. The van der Waals surface area contributed by atoms with Crippen molar-refractivity contribution in [1.29, 1.82) is 0 Å². The smallest absolute Gasteiger partial charge is 0.322 e. The average Bonchev–Trinajstić information content (AvgIpc) is 2.42. The van der Waals surface area contributed by atoms with Gasteiger partial charge in [0, 0.05) is 25.3 Å². The van der Waals surface area contributed by atoms with Gasteiger partial charge in [-0.05, 0) is 31.5 Å². The van der Waals surface area contributed by atoms with Gasteiger partial charge in [-0.2, -0.15) is 0 Å². The van der Waals surface area contributed by atoms with E-state index in [-0.39, 0.29) is 11.9 Å². The number of rotatable bonds is 2. The van der Waals surface area contributed by atoms with Crippen LogP contribution in [0.25, 0.3) is 0 Å². The summed E-state index contributed by atoms with van der Waals surface area (Å²) < 4.78 is 0. The van der Waals surface area contributed by atoms with Crippen LogP contribution in [0.4, 0.5) is 10.5 Å². The molecule has 6 nitrogen and oxygen atoms in total. The van der Waals surface area contributed by atoms with Gasteiger partial charge < -0.3 is 21.3 Å². The third-order valence-electron chi connectivity index (χ3n) is 3.51. The van der Waals surface area contributed by atoms with E-state index in [2.05, 4.69) is 10.6 Å². The maximum Gasteiger partial charge on any atom is 0.322 e. The molecule has 1 aromatic carbocycles. The molecule has 0 bridgehead atoms. The van der Waals surface area contributed by atoms with Gasteiger partial charge in [-0.25, -0.2) is 4.79 Å². The Labute approximate surface area is 118 Å². The number of nitrogens with zero attached hydrogens (tertiary/aromatic N) is 1. The molecule has 3 amide bonds. The lowest BCUT2D eigenvalue weighted by molar-refractivity contribution is -0.132. The lowest BCUT2D eigenvalue weighted by Gasteiger charge is -2.40. The van der Waals surface area contributed by atoms with Crippen LogP contribution in [0.2, 0.25) is 0 Å². The maximum atomic E-state index is 12.3. The summed E-state index contributed by atoms with van der Waals surface area (Å²) in [6, 6.07) is 7.09. The number of carbonyl (C=O) groups is 2. The van der Waals surface area contributed by atoms with E-state index in [1.165, 1.54) is 0 Å². The normalized spacial score (nSPS) is 17.6. The van der Waals surface area contributed by atoms with Crippen LogP contribution in [0.15, 0.2) is 24.3 Å². The summed E-state index contributed by atoms with van der Waals surface area (Å²) in [7, 11) is 0. The molecule has 1 aromatic rings. The molecular weight excluding hydrogens is 256 g/mol. The Balaban J connectivity index is 2.13. The summed E-state index contributed by atoms with van der Waals surface area (Å²) in [5.74, 6) is -0.144. The highest BCUT2D eigenvalue weighted by Gasteiger charge is 2.40. The first-order valence-electron chi connectivity index (χ1n) is 6.61. The van der Waals surface area contributed by atoms with E-state index in [0.717, 1.165) is 5.56 Å². The lowest BCUT2D eigenvalue weighted by atomic mass is 9.99. The van der Waals surface area contributed by atoms with Gasteiger partial charge in [0.25, 0.3) is 0 Å². The van der Waals surface area contributed by atoms with Crippen LogP contribution in [0.5, 0.6) is 0 Å². The molecule has 0 atom stereocenters. The van der Waals surface area contributed by atoms with Gasteiger partial charge in [-0.1, -0.05) is 12.1 Å². The quantitative estimate of drug-likeness (QED) is 0.749. The van der Waals surface area contributed by atoms with Gasteiger partial charge in [0.2, 0.25) is 5.91 Å². The molecular formula is C14H20N4O2. The second kappa shape index (κ2) is 5.50. The fourth-order valence-electron chi connectivity index (χ4n) is 2.22. The van der Waals surface area contributed by atoms with E-state index in [1.54, 1.807) is 24.8 Å². The minimum atomic E-state index is -0.853. The maximum absolute atomic E-state index is 12.3. The number of hydrogen-bond donors (Lipinski definition) is 3. The molecule has 1 aliphatic rings. The molecule has 0 saturated carbocycles. The molecule has 4 N–H and O–H groups in total. The highest BCUT2D eigenvalue weighted by Crippen LogP contribution is 2.19. The molecule has 1 saturated heterocycles. The Kier molecular flexibility index (Phi) is 3.94. The van der Waals surface area contributed by atoms with Crippen molar-refractivity contribution in [3.63, 3.8) is 0 Å². The predicted molar refractivity (Wildman–Crippen MR) is 77.1 cm³/mol. The van der Waals surface area contributed by atoms with Crippen LogP contribution in [-0.4, -0.2) is 35.5 Å². The first-order chi connectivity index (χ1) is 9.45. The van der Waals surface area contributed by atoms with E-state index >= 15 is 0 Å². The van der Waals surface area contributed by atoms with E-state index in [4.69, 9.17) is 5.73 Å². The summed E-state index contributed by atoms with van der Waals surface area (Å²) in [6.07, 6.45) is 0. The highest BCUT2D eigenvalue weighted by atomic mass is 16.2.